The minimum atomic E-state index is -0.697. The molecule has 0 heterocycles. The standard InChI is InChI=1S/C14H11Cl2FN2O/c1-7-4-11(16)13(6-10(7)15)19-14(20)9-3-2-8(18)5-12(9)17/h2-6H,18H2,1H3,(H,19,20). The molecule has 0 saturated heterocycles. The van der Waals surface area contributed by atoms with Gasteiger partial charge in [0.25, 0.3) is 5.91 Å². The molecule has 0 aromatic heterocycles. The van der Waals surface area contributed by atoms with Gasteiger partial charge >= 0.3 is 0 Å². The zero-order chi connectivity index (χ0) is 14.9. The molecule has 2 aromatic carbocycles. The van der Waals surface area contributed by atoms with Crippen molar-refractivity contribution in [3.05, 3.63) is 57.3 Å². The predicted octanol–water partition coefficient (Wildman–Crippen LogP) is 4.28. The molecule has 104 valence electrons. The zero-order valence-corrected chi connectivity index (χ0v) is 12.0. The molecule has 0 aliphatic heterocycles. The molecule has 0 saturated carbocycles. The van der Waals surface area contributed by atoms with Gasteiger partial charge in [0.2, 0.25) is 0 Å². The number of rotatable bonds is 2. The largest absolute Gasteiger partial charge is 0.399 e. The number of halogens is 3. The van der Waals surface area contributed by atoms with Crippen LogP contribution in [-0.2, 0) is 0 Å². The number of anilines is 2. The quantitative estimate of drug-likeness (QED) is 0.813. The molecule has 0 atom stereocenters. The Balaban J connectivity index is 2.30. The topological polar surface area (TPSA) is 55.1 Å². The van der Waals surface area contributed by atoms with E-state index in [-0.39, 0.29) is 11.3 Å². The molecule has 0 bridgehead atoms. The highest BCUT2D eigenvalue weighted by Gasteiger charge is 2.14. The number of nitrogens with two attached hydrogens (primary N) is 1. The second-order valence-corrected chi connectivity index (χ2v) is 5.09. The molecule has 0 spiro atoms. The summed E-state index contributed by atoms with van der Waals surface area (Å²) in [5, 5.41) is 3.31. The van der Waals surface area contributed by atoms with Crippen LogP contribution in [0.4, 0.5) is 15.8 Å². The third kappa shape index (κ3) is 3.03. The second kappa shape index (κ2) is 5.69. The van der Waals surface area contributed by atoms with Gasteiger partial charge in [-0.3, -0.25) is 4.79 Å². The van der Waals surface area contributed by atoms with Crippen LogP contribution in [0.25, 0.3) is 0 Å². The molecule has 3 nitrogen and oxygen atoms in total. The number of amides is 1. The van der Waals surface area contributed by atoms with Crippen molar-refractivity contribution >= 4 is 40.5 Å². The average Bonchev–Trinajstić information content (AvgIpc) is 2.35. The van der Waals surface area contributed by atoms with Gasteiger partial charge < -0.3 is 11.1 Å². The van der Waals surface area contributed by atoms with E-state index >= 15 is 0 Å². The van der Waals surface area contributed by atoms with Crippen molar-refractivity contribution in [1.82, 2.24) is 0 Å². The van der Waals surface area contributed by atoms with Crippen LogP contribution < -0.4 is 11.1 Å². The van der Waals surface area contributed by atoms with Gasteiger partial charge in [0.05, 0.1) is 16.3 Å². The zero-order valence-electron chi connectivity index (χ0n) is 10.5. The molecule has 0 aliphatic carbocycles. The van der Waals surface area contributed by atoms with Gasteiger partial charge in [-0.1, -0.05) is 23.2 Å². The molecule has 3 N–H and O–H groups in total. The molecule has 0 aliphatic rings. The van der Waals surface area contributed by atoms with Crippen LogP contribution in [0.1, 0.15) is 15.9 Å². The molecular formula is C14H11Cl2FN2O. The maximum atomic E-state index is 13.6. The van der Waals surface area contributed by atoms with Crippen molar-refractivity contribution in [3.8, 4) is 0 Å². The minimum Gasteiger partial charge on any atom is -0.399 e. The Kier molecular flexibility index (Phi) is 4.16. The average molecular weight is 313 g/mol. The number of benzene rings is 2. The molecule has 0 unspecified atom stereocenters. The van der Waals surface area contributed by atoms with Crippen LogP contribution in [0.2, 0.25) is 10.0 Å². The van der Waals surface area contributed by atoms with Gasteiger partial charge in [0.1, 0.15) is 5.82 Å². The lowest BCUT2D eigenvalue weighted by atomic mass is 10.1. The summed E-state index contributed by atoms with van der Waals surface area (Å²) in [7, 11) is 0. The number of aryl methyl sites for hydroxylation is 1. The van der Waals surface area contributed by atoms with Crippen molar-refractivity contribution in [2.75, 3.05) is 11.1 Å². The molecule has 20 heavy (non-hydrogen) atoms. The molecule has 1 amide bonds. The summed E-state index contributed by atoms with van der Waals surface area (Å²) in [6.07, 6.45) is 0. The summed E-state index contributed by atoms with van der Waals surface area (Å²) < 4.78 is 13.6. The number of carbonyl (C=O) groups excluding carboxylic acids is 1. The van der Waals surface area contributed by atoms with Gasteiger partial charge in [-0.15, -0.1) is 0 Å². The Labute approximate surface area is 125 Å². The first-order chi connectivity index (χ1) is 9.38. The maximum absolute atomic E-state index is 13.6. The number of nitrogen functional groups attached to an aromatic ring is 1. The Morgan fingerprint density at radius 3 is 2.55 bits per heavy atom. The van der Waals surface area contributed by atoms with E-state index in [0.717, 1.165) is 11.6 Å². The molecule has 2 aromatic rings. The second-order valence-electron chi connectivity index (χ2n) is 4.27. The molecule has 0 fully saturated rings. The Hall–Kier alpha value is -1.78. The first-order valence-corrected chi connectivity index (χ1v) is 6.46. The number of hydrogen-bond acceptors (Lipinski definition) is 2. The minimum absolute atomic E-state index is 0.119. The Morgan fingerprint density at radius 1 is 1.20 bits per heavy atom. The van der Waals surface area contributed by atoms with Crippen molar-refractivity contribution in [2.45, 2.75) is 6.92 Å². The summed E-state index contributed by atoms with van der Waals surface area (Å²) in [5.41, 5.74) is 6.67. The van der Waals surface area contributed by atoms with E-state index in [2.05, 4.69) is 5.32 Å². The fourth-order valence-corrected chi connectivity index (χ4v) is 2.08. The lowest BCUT2D eigenvalue weighted by Crippen LogP contribution is -2.14. The van der Waals surface area contributed by atoms with Crippen molar-refractivity contribution in [3.63, 3.8) is 0 Å². The van der Waals surface area contributed by atoms with Gasteiger partial charge in [0, 0.05) is 10.7 Å². The summed E-state index contributed by atoms with van der Waals surface area (Å²) in [6, 6.07) is 6.98. The van der Waals surface area contributed by atoms with Gasteiger partial charge in [-0.25, -0.2) is 4.39 Å². The Bertz CT molecular complexity index is 689. The van der Waals surface area contributed by atoms with Crippen LogP contribution in [0, 0.1) is 12.7 Å². The van der Waals surface area contributed by atoms with Crippen molar-refractivity contribution < 1.29 is 9.18 Å². The third-order valence-electron chi connectivity index (χ3n) is 2.73. The van der Waals surface area contributed by atoms with Gasteiger partial charge in [-0.2, -0.15) is 0 Å². The van der Waals surface area contributed by atoms with E-state index < -0.39 is 11.7 Å². The van der Waals surface area contributed by atoms with E-state index in [1.807, 2.05) is 0 Å². The van der Waals surface area contributed by atoms with Gasteiger partial charge in [0.15, 0.2) is 0 Å². The highest BCUT2D eigenvalue weighted by molar-refractivity contribution is 6.36. The third-order valence-corrected chi connectivity index (χ3v) is 3.45. The summed E-state index contributed by atoms with van der Waals surface area (Å²) in [4.78, 5) is 12.0. The smallest absolute Gasteiger partial charge is 0.258 e. The van der Waals surface area contributed by atoms with Crippen LogP contribution in [0.5, 0.6) is 0 Å². The van der Waals surface area contributed by atoms with E-state index in [4.69, 9.17) is 28.9 Å². The summed E-state index contributed by atoms with van der Waals surface area (Å²) in [5.74, 6) is -1.32. The lowest BCUT2D eigenvalue weighted by Gasteiger charge is -2.10. The van der Waals surface area contributed by atoms with Crippen LogP contribution in [0.3, 0.4) is 0 Å². The molecule has 2 rings (SSSR count). The van der Waals surface area contributed by atoms with E-state index in [1.54, 1.807) is 13.0 Å². The SMILES string of the molecule is Cc1cc(Cl)c(NC(=O)c2ccc(N)cc2F)cc1Cl. The van der Waals surface area contributed by atoms with E-state index in [0.29, 0.717) is 15.7 Å². The maximum Gasteiger partial charge on any atom is 0.258 e. The first-order valence-electron chi connectivity index (χ1n) is 5.70. The Morgan fingerprint density at radius 2 is 1.90 bits per heavy atom. The number of carbonyl (C=O) groups is 1. The van der Waals surface area contributed by atoms with E-state index in [1.165, 1.54) is 18.2 Å². The first kappa shape index (κ1) is 14.6. The van der Waals surface area contributed by atoms with Crippen LogP contribution in [-0.4, -0.2) is 5.91 Å². The van der Waals surface area contributed by atoms with Crippen molar-refractivity contribution in [1.29, 1.82) is 0 Å². The number of nitrogens with one attached hydrogen (secondary N) is 1. The normalized spacial score (nSPS) is 10.4. The summed E-state index contributed by atoms with van der Waals surface area (Å²) in [6.45, 7) is 1.79. The monoisotopic (exact) mass is 312 g/mol. The fraction of sp³-hybridized carbons (Fsp3) is 0.0714. The predicted molar refractivity (Wildman–Crippen MR) is 80.0 cm³/mol. The van der Waals surface area contributed by atoms with Gasteiger partial charge in [-0.05, 0) is 42.8 Å². The highest BCUT2D eigenvalue weighted by Crippen LogP contribution is 2.29. The number of hydrogen-bond donors (Lipinski definition) is 2. The van der Waals surface area contributed by atoms with Crippen molar-refractivity contribution in [2.24, 2.45) is 0 Å². The van der Waals surface area contributed by atoms with Crippen LogP contribution in [0.15, 0.2) is 30.3 Å². The summed E-state index contributed by atoms with van der Waals surface area (Å²) >= 11 is 12.0. The van der Waals surface area contributed by atoms with E-state index in [9.17, 15) is 9.18 Å². The highest BCUT2D eigenvalue weighted by atomic mass is 35.5. The molecular weight excluding hydrogens is 302 g/mol. The fourth-order valence-electron chi connectivity index (χ4n) is 1.65. The van der Waals surface area contributed by atoms with Crippen LogP contribution >= 0.6 is 23.2 Å². The lowest BCUT2D eigenvalue weighted by molar-refractivity contribution is 0.102. The molecule has 0 radical (unpaired) electrons. The molecule has 6 heteroatoms.